The molecule has 2 fully saturated rings. The van der Waals surface area contributed by atoms with Crippen LogP contribution in [0.5, 0.6) is 0 Å². The highest BCUT2D eigenvalue weighted by Gasteiger charge is 2.30. The van der Waals surface area contributed by atoms with Crippen molar-refractivity contribution in [2.24, 2.45) is 5.92 Å². The lowest BCUT2D eigenvalue weighted by Crippen LogP contribution is -2.29. The lowest BCUT2D eigenvalue weighted by Gasteiger charge is -2.18. The molecule has 1 aliphatic heterocycles. The van der Waals surface area contributed by atoms with Gasteiger partial charge < -0.3 is 10.0 Å². The number of aliphatic hydroxyl groups excluding tert-OH is 1. The molecule has 2 aromatic rings. The Hall–Kier alpha value is -2.01. The van der Waals surface area contributed by atoms with E-state index in [1.807, 2.05) is 6.07 Å². The fourth-order valence-corrected chi connectivity index (χ4v) is 3.32. The molecule has 4 rings (SSSR count). The first-order chi connectivity index (χ1) is 11.2. The van der Waals surface area contributed by atoms with Gasteiger partial charge in [0.15, 0.2) is 0 Å². The van der Waals surface area contributed by atoms with Crippen molar-refractivity contribution in [1.29, 1.82) is 0 Å². The molecule has 0 spiro atoms. The van der Waals surface area contributed by atoms with Crippen molar-refractivity contribution in [3.8, 4) is 0 Å². The Bertz CT molecular complexity index is 773. The third-order valence-electron chi connectivity index (χ3n) is 4.85. The number of hydrogen-bond donors (Lipinski definition) is 1. The largest absolute Gasteiger partial charge is 0.396 e. The van der Waals surface area contributed by atoms with E-state index in [2.05, 4.69) is 4.98 Å². The highest BCUT2D eigenvalue weighted by atomic mass is 19.1. The number of amides is 1. The van der Waals surface area contributed by atoms with Crippen LogP contribution in [0.3, 0.4) is 0 Å². The number of pyridine rings is 1. The molecule has 1 saturated carbocycles. The molecule has 23 heavy (non-hydrogen) atoms. The highest BCUT2D eigenvalue weighted by molar-refractivity contribution is 6.06. The van der Waals surface area contributed by atoms with E-state index in [9.17, 15) is 14.3 Å². The summed E-state index contributed by atoms with van der Waals surface area (Å²) in [6, 6.07) is 6.27. The van der Waals surface area contributed by atoms with Gasteiger partial charge >= 0.3 is 0 Å². The predicted molar refractivity (Wildman–Crippen MR) is 84.8 cm³/mol. The number of nitrogens with zero attached hydrogens (tertiary/aromatic N) is 2. The Labute approximate surface area is 133 Å². The van der Waals surface area contributed by atoms with Crippen molar-refractivity contribution in [3.05, 3.63) is 41.3 Å². The zero-order chi connectivity index (χ0) is 16.0. The van der Waals surface area contributed by atoms with Gasteiger partial charge in [0, 0.05) is 42.6 Å². The smallest absolute Gasteiger partial charge is 0.254 e. The van der Waals surface area contributed by atoms with Crippen LogP contribution in [0.25, 0.3) is 10.9 Å². The summed E-state index contributed by atoms with van der Waals surface area (Å²) in [7, 11) is 0. The minimum absolute atomic E-state index is 0.0825. The fraction of sp³-hybridized carbons (Fsp3) is 0.444. The van der Waals surface area contributed by atoms with E-state index in [0.717, 1.165) is 25.0 Å². The Morgan fingerprint density at radius 3 is 2.83 bits per heavy atom. The second-order valence-corrected chi connectivity index (χ2v) is 6.62. The summed E-state index contributed by atoms with van der Waals surface area (Å²) in [4.78, 5) is 19.3. The maximum absolute atomic E-state index is 13.7. The van der Waals surface area contributed by atoms with E-state index in [4.69, 9.17) is 0 Å². The number of rotatable bonds is 3. The molecule has 0 radical (unpaired) electrons. The Morgan fingerprint density at radius 1 is 1.30 bits per heavy atom. The Morgan fingerprint density at radius 2 is 2.13 bits per heavy atom. The van der Waals surface area contributed by atoms with Crippen LogP contribution in [0.2, 0.25) is 0 Å². The summed E-state index contributed by atoms with van der Waals surface area (Å²) in [6.07, 6.45) is 3.02. The third kappa shape index (κ3) is 2.70. The van der Waals surface area contributed by atoms with Crippen LogP contribution >= 0.6 is 0 Å². The van der Waals surface area contributed by atoms with Crippen LogP contribution in [0.1, 0.15) is 41.2 Å². The molecular weight excluding hydrogens is 295 g/mol. The number of fused-ring (bicyclic) bond motifs is 1. The van der Waals surface area contributed by atoms with Gasteiger partial charge in [0.05, 0.1) is 11.1 Å². The monoisotopic (exact) mass is 314 g/mol. The van der Waals surface area contributed by atoms with Crippen LogP contribution in [-0.2, 0) is 0 Å². The average Bonchev–Trinajstić information content (AvgIpc) is 3.30. The molecule has 1 aromatic carbocycles. The molecule has 4 nitrogen and oxygen atoms in total. The van der Waals surface area contributed by atoms with E-state index < -0.39 is 0 Å². The van der Waals surface area contributed by atoms with Gasteiger partial charge in [0.2, 0.25) is 0 Å². The fourth-order valence-electron chi connectivity index (χ4n) is 3.32. The SMILES string of the molecule is O=C(c1cc(C2CC2)nc2ccc(F)cc12)N1CCC(CO)C1. The number of carbonyl (C=O) groups is 1. The number of aromatic nitrogens is 1. The average molecular weight is 314 g/mol. The molecule has 1 aromatic heterocycles. The lowest BCUT2D eigenvalue weighted by atomic mass is 10.0. The first kappa shape index (κ1) is 14.6. The molecular formula is C18H19FN2O2. The number of hydrogen-bond acceptors (Lipinski definition) is 3. The number of halogens is 1. The van der Waals surface area contributed by atoms with Crippen molar-refractivity contribution in [1.82, 2.24) is 9.88 Å². The van der Waals surface area contributed by atoms with Crippen LogP contribution in [0.15, 0.2) is 24.3 Å². The molecule has 1 saturated heterocycles. The maximum Gasteiger partial charge on any atom is 0.254 e. The molecule has 120 valence electrons. The quantitative estimate of drug-likeness (QED) is 0.948. The van der Waals surface area contributed by atoms with Gasteiger partial charge in [-0.05, 0) is 43.5 Å². The van der Waals surface area contributed by atoms with Gasteiger partial charge in [0.1, 0.15) is 5.82 Å². The summed E-state index contributed by atoms with van der Waals surface area (Å²) in [5.74, 6) is 0.134. The summed E-state index contributed by atoms with van der Waals surface area (Å²) < 4.78 is 13.7. The minimum Gasteiger partial charge on any atom is -0.396 e. The number of carbonyl (C=O) groups excluding carboxylic acids is 1. The van der Waals surface area contributed by atoms with Crippen molar-refractivity contribution in [2.45, 2.75) is 25.2 Å². The molecule has 1 N–H and O–H groups in total. The summed E-state index contributed by atoms with van der Waals surface area (Å²) in [5, 5.41) is 9.85. The Kier molecular flexibility index (Phi) is 3.53. The molecule has 1 amide bonds. The van der Waals surface area contributed by atoms with Crippen molar-refractivity contribution < 1.29 is 14.3 Å². The second kappa shape index (κ2) is 5.57. The number of benzene rings is 1. The number of aliphatic hydroxyl groups is 1. The molecule has 2 aliphatic rings. The molecule has 0 bridgehead atoms. The van der Waals surface area contributed by atoms with Crippen molar-refractivity contribution in [3.63, 3.8) is 0 Å². The zero-order valence-corrected chi connectivity index (χ0v) is 12.8. The third-order valence-corrected chi connectivity index (χ3v) is 4.85. The lowest BCUT2D eigenvalue weighted by molar-refractivity contribution is 0.0783. The van der Waals surface area contributed by atoms with Gasteiger partial charge in [-0.2, -0.15) is 0 Å². The molecule has 1 atom stereocenters. The highest BCUT2D eigenvalue weighted by Crippen LogP contribution is 2.40. The molecule has 2 heterocycles. The van der Waals surface area contributed by atoms with Gasteiger partial charge in [-0.15, -0.1) is 0 Å². The zero-order valence-electron chi connectivity index (χ0n) is 12.8. The van der Waals surface area contributed by atoms with Crippen molar-refractivity contribution in [2.75, 3.05) is 19.7 Å². The van der Waals surface area contributed by atoms with Crippen LogP contribution in [0.4, 0.5) is 4.39 Å². The second-order valence-electron chi connectivity index (χ2n) is 6.62. The van der Waals surface area contributed by atoms with Crippen LogP contribution in [-0.4, -0.2) is 40.6 Å². The standard InChI is InChI=1S/C18H19FN2O2/c19-13-3-4-16-14(7-13)15(8-17(20-16)12-1-2-12)18(23)21-6-5-11(9-21)10-22/h3-4,7-8,11-12,22H,1-2,5-6,9-10H2. The van der Waals surface area contributed by atoms with E-state index in [-0.39, 0.29) is 24.2 Å². The van der Waals surface area contributed by atoms with E-state index in [0.29, 0.717) is 35.5 Å². The van der Waals surface area contributed by atoms with E-state index in [1.54, 1.807) is 11.0 Å². The van der Waals surface area contributed by atoms with Crippen LogP contribution in [0, 0.1) is 11.7 Å². The summed E-state index contributed by atoms with van der Waals surface area (Å²) >= 11 is 0. The molecule has 5 heteroatoms. The summed E-state index contributed by atoms with van der Waals surface area (Å²) in [5.41, 5.74) is 2.15. The normalized spacial score (nSPS) is 21.1. The first-order valence-electron chi connectivity index (χ1n) is 8.16. The van der Waals surface area contributed by atoms with E-state index in [1.165, 1.54) is 12.1 Å². The van der Waals surface area contributed by atoms with Crippen molar-refractivity contribution >= 4 is 16.8 Å². The van der Waals surface area contributed by atoms with E-state index >= 15 is 0 Å². The maximum atomic E-state index is 13.7. The van der Waals surface area contributed by atoms with Gasteiger partial charge in [-0.25, -0.2) is 4.39 Å². The number of likely N-dealkylation sites (tertiary alicyclic amines) is 1. The Balaban J connectivity index is 1.77. The van der Waals surface area contributed by atoms with Gasteiger partial charge in [0.25, 0.3) is 5.91 Å². The van der Waals surface area contributed by atoms with Crippen LogP contribution < -0.4 is 0 Å². The topological polar surface area (TPSA) is 53.4 Å². The summed E-state index contributed by atoms with van der Waals surface area (Å²) in [6.45, 7) is 1.30. The first-order valence-corrected chi connectivity index (χ1v) is 8.16. The van der Waals surface area contributed by atoms with Gasteiger partial charge in [-0.3, -0.25) is 9.78 Å². The van der Waals surface area contributed by atoms with Gasteiger partial charge in [-0.1, -0.05) is 0 Å². The predicted octanol–water partition coefficient (Wildman–Crippen LogP) is 2.71. The molecule has 1 aliphatic carbocycles. The molecule has 1 unspecified atom stereocenters. The minimum atomic E-state index is -0.359.